The van der Waals surface area contributed by atoms with Crippen molar-refractivity contribution in [3.8, 4) is 0 Å². The summed E-state index contributed by atoms with van der Waals surface area (Å²) in [6, 6.07) is 5.38. The van der Waals surface area contributed by atoms with Gasteiger partial charge in [-0.15, -0.1) is 0 Å². The minimum atomic E-state index is -0.0578. The van der Waals surface area contributed by atoms with E-state index in [1.165, 1.54) is 0 Å². The molecule has 0 aliphatic carbocycles. The number of amides is 2. The van der Waals surface area contributed by atoms with Crippen LogP contribution in [0.3, 0.4) is 0 Å². The molecule has 186 valence electrons. The van der Waals surface area contributed by atoms with Gasteiger partial charge in [-0.1, -0.05) is 19.3 Å². The summed E-state index contributed by atoms with van der Waals surface area (Å²) in [6.07, 6.45) is 10.0. The molecule has 2 N–H and O–H groups in total. The van der Waals surface area contributed by atoms with Gasteiger partial charge in [0.1, 0.15) is 5.78 Å². The predicted octanol–water partition coefficient (Wildman–Crippen LogP) is 6.15. The molecule has 0 saturated carbocycles. The van der Waals surface area contributed by atoms with Crippen molar-refractivity contribution >= 4 is 66.9 Å². The molecule has 0 aliphatic heterocycles. The third kappa shape index (κ3) is 14.7. The lowest BCUT2D eigenvalue weighted by molar-refractivity contribution is -0.119. The molecule has 0 heterocycles. The van der Waals surface area contributed by atoms with Gasteiger partial charge >= 0.3 is 0 Å². The molecule has 2 amide bonds. The number of hydrogen-bond donors (Lipinski definition) is 5. The van der Waals surface area contributed by atoms with Crippen LogP contribution >= 0.6 is 37.9 Å². The van der Waals surface area contributed by atoms with Gasteiger partial charge in [-0.05, 0) is 79.5 Å². The van der Waals surface area contributed by atoms with E-state index in [9.17, 15) is 14.4 Å². The average Bonchev–Trinajstić information content (AvgIpc) is 2.79. The minimum Gasteiger partial charge on any atom is -0.326 e. The topological polar surface area (TPSA) is 75.3 Å². The number of ketones is 1. The van der Waals surface area contributed by atoms with Crippen LogP contribution in [0.15, 0.2) is 18.2 Å². The fourth-order valence-electron chi connectivity index (χ4n) is 3.44. The van der Waals surface area contributed by atoms with Gasteiger partial charge in [0.2, 0.25) is 11.8 Å². The Labute approximate surface area is 215 Å². The number of nitrogens with one attached hydrogen (secondary N) is 2. The molecule has 1 aromatic rings. The average molecular weight is 513 g/mol. The van der Waals surface area contributed by atoms with E-state index in [1.54, 1.807) is 12.1 Å². The molecule has 1 rings (SSSR count). The minimum absolute atomic E-state index is 0.0424. The number of benzene rings is 1. The molecule has 0 saturated heterocycles. The zero-order valence-electron chi connectivity index (χ0n) is 19.6. The molecule has 0 fully saturated rings. The quantitative estimate of drug-likeness (QED) is 0.114. The van der Waals surface area contributed by atoms with E-state index in [1.807, 2.05) is 6.07 Å². The summed E-state index contributed by atoms with van der Waals surface area (Å²) >= 11 is 12.6. The van der Waals surface area contributed by atoms with Crippen LogP contribution < -0.4 is 10.6 Å². The molecule has 0 aromatic heterocycles. The van der Waals surface area contributed by atoms with Gasteiger partial charge in [0, 0.05) is 37.1 Å². The maximum atomic E-state index is 12.6. The lowest BCUT2D eigenvalue weighted by atomic mass is 10.0. The van der Waals surface area contributed by atoms with E-state index in [2.05, 4.69) is 48.5 Å². The van der Waals surface area contributed by atoms with Crippen LogP contribution in [0, 0.1) is 0 Å². The van der Waals surface area contributed by atoms with Crippen molar-refractivity contribution < 1.29 is 14.4 Å². The van der Waals surface area contributed by atoms with Crippen LogP contribution in [0.1, 0.15) is 82.6 Å². The summed E-state index contributed by atoms with van der Waals surface area (Å²) in [5.41, 5.74) is 2.04. The molecular weight excluding hydrogens is 472 g/mol. The second-order valence-corrected chi connectivity index (χ2v) is 9.63. The van der Waals surface area contributed by atoms with E-state index < -0.39 is 0 Å². The standard InChI is InChI=1S/C25H40N2O3S3/c28-22(10-4-1-7-15-31)19-20-18-21(26-24(29)11-5-2-8-16-32)13-14-23(20)27-25(30)12-6-3-9-17-33/h13-14,18,31-33H,1-12,15-17,19H2,(H,26,29)(H,27,30). The van der Waals surface area contributed by atoms with Crippen LogP contribution in [0.4, 0.5) is 11.4 Å². The van der Waals surface area contributed by atoms with Crippen LogP contribution in [-0.4, -0.2) is 34.9 Å². The van der Waals surface area contributed by atoms with Gasteiger partial charge in [-0.25, -0.2) is 0 Å². The highest BCUT2D eigenvalue weighted by Crippen LogP contribution is 2.23. The number of hydrogen-bond acceptors (Lipinski definition) is 6. The number of Topliss-reactive ketones (excluding diaryl/α,β-unsaturated/α-hetero) is 1. The van der Waals surface area contributed by atoms with Crippen molar-refractivity contribution in [1.82, 2.24) is 0 Å². The Morgan fingerprint density at radius 3 is 1.70 bits per heavy atom. The van der Waals surface area contributed by atoms with E-state index in [0.717, 1.165) is 80.6 Å². The Morgan fingerprint density at radius 1 is 0.636 bits per heavy atom. The molecule has 0 atom stereocenters. The predicted molar refractivity (Wildman–Crippen MR) is 149 cm³/mol. The molecule has 0 radical (unpaired) electrons. The van der Waals surface area contributed by atoms with Crippen molar-refractivity contribution in [2.75, 3.05) is 27.9 Å². The number of carbonyl (C=O) groups is 3. The SMILES string of the molecule is O=C(CCCCCS)Cc1cc(NC(=O)CCCCCS)ccc1NC(=O)CCCCCS. The van der Waals surface area contributed by atoms with Gasteiger partial charge in [-0.2, -0.15) is 37.9 Å². The van der Waals surface area contributed by atoms with Gasteiger partial charge in [0.05, 0.1) is 0 Å². The smallest absolute Gasteiger partial charge is 0.224 e. The molecule has 0 bridgehead atoms. The lowest BCUT2D eigenvalue weighted by Crippen LogP contribution is -2.15. The van der Waals surface area contributed by atoms with Crippen molar-refractivity contribution in [1.29, 1.82) is 0 Å². The number of rotatable bonds is 19. The third-order valence-corrected chi connectivity index (χ3v) is 6.24. The van der Waals surface area contributed by atoms with Gasteiger partial charge < -0.3 is 10.6 Å². The summed E-state index contributed by atoms with van der Waals surface area (Å²) in [5.74, 6) is 2.51. The molecule has 8 heteroatoms. The van der Waals surface area contributed by atoms with Crippen LogP contribution in [0.5, 0.6) is 0 Å². The van der Waals surface area contributed by atoms with Gasteiger partial charge in [0.15, 0.2) is 0 Å². The first-order valence-corrected chi connectivity index (χ1v) is 14.0. The summed E-state index contributed by atoms with van der Waals surface area (Å²) in [5, 5.41) is 5.88. The second kappa shape index (κ2) is 19.2. The lowest BCUT2D eigenvalue weighted by Gasteiger charge is -2.14. The molecular formula is C25H40N2O3S3. The highest BCUT2D eigenvalue weighted by Gasteiger charge is 2.13. The molecule has 0 unspecified atom stereocenters. The fourth-order valence-corrected chi connectivity index (χ4v) is 4.11. The Hall–Kier alpha value is -1.12. The normalized spacial score (nSPS) is 10.8. The van der Waals surface area contributed by atoms with E-state index in [4.69, 9.17) is 0 Å². The van der Waals surface area contributed by atoms with Gasteiger partial charge in [-0.3, -0.25) is 14.4 Å². The monoisotopic (exact) mass is 512 g/mol. The zero-order chi connectivity index (χ0) is 24.3. The van der Waals surface area contributed by atoms with Crippen LogP contribution in [0.25, 0.3) is 0 Å². The summed E-state index contributed by atoms with van der Waals surface area (Å²) < 4.78 is 0. The molecule has 5 nitrogen and oxygen atoms in total. The maximum Gasteiger partial charge on any atom is 0.224 e. The van der Waals surface area contributed by atoms with Crippen molar-refractivity contribution in [2.24, 2.45) is 0 Å². The van der Waals surface area contributed by atoms with E-state index >= 15 is 0 Å². The highest BCUT2D eigenvalue weighted by atomic mass is 32.1. The summed E-state index contributed by atoms with van der Waals surface area (Å²) in [7, 11) is 0. The maximum absolute atomic E-state index is 12.6. The second-order valence-electron chi connectivity index (χ2n) is 8.29. The Bertz CT molecular complexity index is 729. The first-order chi connectivity index (χ1) is 16.0. The fraction of sp³-hybridized carbons (Fsp3) is 0.640. The highest BCUT2D eigenvalue weighted by molar-refractivity contribution is 7.80. The van der Waals surface area contributed by atoms with E-state index in [-0.39, 0.29) is 24.0 Å². The number of unbranched alkanes of at least 4 members (excludes halogenated alkanes) is 6. The molecule has 0 aliphatic rings. The van der Waals surface area contributed by atoms with Crippen molar-refractivity contribution in [2.45, 2.75) is 83.5 Å². The largest absolute Gasteiger partial charge is 0.326 e. The Kier molecular flexibility index (Phi) is 17.4. The van der Waals surface area contributed by atoms with Crippen LogP contribution in [0.2, 0.25) is 0 Å². The summed E-state index contributed by atoms with van der Waals surface area (Å²) in [6.45, 7) is 0. The first-order valence-electron chi connectivity index (χ1n) is 12.1. The number of carbonyl (C=O) groups excluding carboxylic acids is 3. The zero-order valence-corrected chi connectivity index (χ0v) is 22.3. The summed E-state index contributed by atoms with van der Waals surface area (Å²) in [4.78, 5) is 37.2. The number of thiol groups is 3. The first kappa shape index (κ1) is 29.9. The van der Waals surface area contributed by atoms with Crippen LogP contribution in [-0.2, 0) is 20.8 Å². The Balaban J connectivity index is 2.78. The van der Waals surface area contributed by atoms with Gasteiger partial charge in [0.25, 0.3) is 0 Å². The van der Waals surface area contributed by atoms with Crippen molar-refractivity contribution in [3.05, 3.63) is 23.8 Å². The van der Waals surface area contributed by atoms with Crippen molar-refractivity contribution in [3.63, 3.8) is 0 Å². The molecule has 0 spiro atoms. The van der Waals surface area contributed by atoms with E-state index in [0.29, 0.717) is 30.6 Å². The molecule has 33 heavy (non-hydrogen) atoms. The third-order valence-electron chi connectivity index (χ3n) is 5.29. The molecule has 1 aromatic carbocycles. The Morgan fingerprint density at radius 2 is 1.15 bits per heavy atom. The number of anilines is 2.